The lowest BCUT2D eigenvalue weighted by atomic mass is 10.0. The van der Waals surface area contributed by atoms with Crippen LogP contribution in [0.2, 0.25) is 5.02 Å². The average Bonchev–Trinajstić information content (AvgIpc) is 3.17. The molecule has 0 spiro atoms. The van der Waals surface area contributed by atoms with Crippen molar-refractivity contribution in [3.8, 4) is 0 Å². The van der Waals surface area contributed by atoms with Crippen molar-refractivity contribution >= 4 is 17.5 Å². The summed E-state index contributed by atoms with van der Waals surface area (Å²) in [7, 11) is 0. The molecule has 1 N–H and O–H groups in total. The molecule has 0 radical (unpaired) electrons. The number of amides is 1. The van der Waals surface area contributed by atoms with Gasteiger partial charge in [0.1, 0.15) is 11.9 Å². The van der Waals surface area contributed by atoms with Gasteiger partial charge in [-0.2, -0.15) is 13.2 Å². The molecule has 2 unspecified atom stereocenters. The first-order valence-corrected chi connectivity index (χ1v) is 9.98. The van der Waals surface area contributed by atoms with Gasteiger partial charge in [0.25, 0.3) is 0 Å². The summed E-state index contributed by atoms with van der Waals surface area (Å²) in [6.07, 6.45) is -2.51. The van der Waals surface area contributed by atoms with Crippen LogP contribution in [-0.4, -0.2) is 73.9 Å². The van der Waals surface area contributed by atoms with Gasteiger partial charge in [-0.3, -0.25) is 14.6 Å². The van der Waals surface area contributed by atoms with E-state index in [1.54, 1.807) is 6.07 Å². The molecule has 2 aliphatic heterocycles. The second kappa shape index (κ2) is 9.59. The second-order valence-corrected chi connectivity index (χ2v) is 7.72. The zero-order valence-electron chi connectivity index (χ0n) is 15.9. The number of benzene rings is 1. The molecule has 2 heterocycles. The molecule has 0 aromatic heterocycles. The quantitative estimate of drug-likeness (QED) is 0.695. The second-order valence-electron chi connectivity index (χ2n) is 7.32. The topological polar surface area (TPSA) is 44.8 Å². The Morgan fingerprint density at radius 3 is 2.66 bits per heavy atom. The van der Waals surface area contributed by atoms with Crippen LogP contribution in [0.1, 0.15) is 24.4 Å². The zero-order chi connectivity index (χ0) is 21.0. The Hall–Kier alpha value is -1.42. The number of nitrogens with zero attached hydrogens (tertiary/aromatic N) is 2. The number of rotatable bonds is 6. The van der Waals surface area contributed by atoms with E-state index in [4.69, 9.17) is 16.3 Å². The lowest BCUT2D eigenvalue weighted by Crippen LogP contribution is -2.56. The van der Waals surface area contributed by atoms with Crippen molar-refractivity contribution in [1.29, 1.82) is 0 Å². The summed E-state index contributed by atoms with van der Waals surface area (Å²) < 4.78 is 58.2. The Bertz CT molecular complexity index is 693. The Labute approximate surface area is 171 Å². The largest absolute Gasteiger partial charge is 0.401 e. The van der Waals surface area contributed by atoms with Crippen LogP contribution in [0.4, 0.5) is 17.6 Å². The molecule has 1 aromatic rings. The van der Waals surface area contributed by atoms with Crippen LogP contribution in [0.5, 0.6) is 0 Å². The van der Waals surface area contributed by atoms with Crippen LogP contribution < -0.4 is 5.32 Å². The number of likely N-dealkylation sites (tertiary alicyclic amines) is 1. The van der Waals surface area contributed by atoms with Crippen molar-refractivity contribution in [2.75, 3.05) is 45.9 Å². The SMILES string of the molecule is O=C(NCC(c1c(F)cccc1Cl)N1CCCC1)C1COCCN1CC(F)(F)F. The van der Waals surface area contributed by atoms with E-state index in [9.17, 15) is 22.4 Å². The third-order valence-electron chi connectivity index (χ3n) is 5.31. The molecule has 1 amide bonds. The maximum Gasteiger partial charge on any atom is 0.401 e. The summed E-state index contributed by atoms with van der Waals surface area (Å²) in [6.45, 7) is 0.388. The highest BCUT2D eigenvalue weighted by Crippen LogP contribution is 2.32. The Morgan fingerprint density at radius 2 is 2.00 bits per heavy atom. The molecule has 0 bridgehead atoms. The van der Waals surface area contributed by atoms with Crippen molar-refractivity contribution in [2.24, 2.45) is 0 Å². The van der Waals surface area contributed by atoms with Crippen LogP contribution in [0.25, 0.3) is 0 Å². The van der Waals surface area contributed by atoms with Gasteiger partial charge in [0, 0.05) is 23.7 Å². The third kappa shape index (κ3) is 5.81. The molecule has 2 aliphatic rings. The number of hydrogen-bond acceptors (Lipinski definition) is 4. The lowest BCUT2D eigenvalue weighted by Gasteiger charge is -2.35. The molecule has 0 aliphatic carbocycles. The summed E-state index contributed by atoms with van der Waals surface area (Å²) in [4.78, 5) is 15.8. The maximum atomic E-state index is 14.5. The molecule has 2 saturated heterocycles. The van der Waals surface area contributed by atoms with E-state index in [0.717, 1.165) is 30.8 Å². The summed E-state index contributed by atoms with van der Waals surface area (Å²) in [6, 6.07) is 2.88. The van der Waals surface area contributed by atoms with Gasteiger partial charge in [0.2, 0.25) is 5.91 Å². The first-order valence-electron chi connectivity index (χ1n) is 9.60. The lowest BCUT2D eigenvalue weighted by molar-refractivity contribution is -0.166. The minimum Gasteiger partial charge on any atom is -0.378 e. The van der Waals surface area contributed by atoms with E-state index in [-0.39, 0.29) is 31.3 Å². The highest BCUT2D eigenvalue weighted by Gasteiger charge is 2.38. The van der Waals surface area contributed by atoms with Crippen molar-refractivity contribution in [3.05, 3.63) is 34.6 Å². The van der Waals surface area contributed by atoms with Crippen molar-refractivity contribution < 1.29 is 27.1 Å². The van der Waals surface area contributed by atoms with Crippen LogP contribution in [0.3, 0.4) is 0 Å². The predicted molar refractivity (Wildman–Crippen MR) is 100 cm³/mol. The monoisotopic (exact) mass is 437 g/mol. The number of nitrogens with one attached hydrogen (secondary N) is 1. The summed E-state index contributed by atoms with van der Waals surface area (Å²) >= 11 is 6.23. The van der Waals surface area contributed by atoms with Crippen LogP contribution in [-0.2, 0) is 9.53 Å². The van der Waals surface area contributed by atoms with Gasteiger partial charge in [-0.15, -0.1) is 0 Å². The van der Waals surface area contributed by atoms with Gasteiger partial charge in [-0.05, 0) is 38.1 Å². The molecule has 1 aromatic carbocycles. The van der Waals surface area contributed by atoms with Gasteiger partial charge in [0.15, 0.2) is 0 Å². The number of morpholine rings is 1. The first-order chi connectivity index (χ1) is 13.8. The van der Waals surface area contributed by atoms with E-state index in [1.807, 2.05) is 4.90 Å². The van der Waals surface area contributed by atoms with E-state index in [2.05, 4.69) is 5.32 Å². The van der Waals surface area contributed by atoms with E-state index < -0.39 is 36.5 Å². The zero-order valence-corrected chi connectivity index (χ0v) is 16.6. The minimum atomic E-state index is -4.41. The number of hydrogen-bond donors (Lipinski definition) is 1. The van der Waals surface area contributed by atoms with Crippen molar-refractivity contribution in [2.45, 2.75) is 31.1 Å². The van der Waals surface area contributed by atoms with Crippen LogP contribution in [0.15, 0.2) is 18.2 Å². The molecule has 29 heavy (non-hydrogen) atoms. The molecule has 2 atom stereocenters. The smallest absolute Gasteiger partial charge is 0.378 e. The van der Waals surface area contributed by atoms with Crippen LogP contribution in [0, 0.1) is 5.82 Å². The molecule has 10 heteroatoms. The number of halogens is 5. The number of alkyl halides is 3. The van der Waals surface area contributed by atoms with Gasteiger partial charge >= 0.3 is 6.18 Å². The molecule has 0 saturated carbocycles. The van der Waals surface area contributed by atoms with Gasteiger partial charge in [0.05, 0.1) is 25.8 Å². The van der Waals surface area contributed by atoms with Crippen molar-refractivity contribution in [3.63, 3.8) is 0 Å². The number of carbonyl (C=O) groups excluding carboxylic acids is 1. The normalized spacial score (nSPS) is 22.6. The van der Waals surface area contributed by atoms with E-state index in [0.29, 0.717) is 5.56 Å². The third-order valence-corrected chi connectivity index (χ3v) is 5.64. The Morgan fingerprint density at radius 1 is 1.28 bits per heavy atom. The molecule has 2 fully saturated rings. The number of ether oxygens (including phenoxy) is 1. The van der Waals surface area contributed by atoms with E-state index >= 15 is 0 Å². The van der Waals surface area contributed by atoms with Crippen molar-refractivity contribution in [1.82, 2.24) is 15.1 Å². The van der Waals surface area contributed by atoms with Crippen LogP contribution >= 0.6 is 11.6 Å². The summed E-state index contributed by atoms with van der Waals surface area (Å²) in [5, 5.41) is 2.96. The first kappa shape index (κ1) is 22.3. The number of carbonyl (C=O) groups is 1. The average molecular weight is 438 g/mol. The van der Waals surface area contributed by atoms with Gasteiger partial charge < -0.3 is 10.1 Å². The molecule has 162 valence electrons. The Kier molecular flexibility index (Phi) is 7.37. The summed E-state index contributed by atoms with van der Waals surface area (Å²) in [5.74, 6) is -1.03. The summed E-state index contributed by atoms with van der Waals surface area (Å²) in [5.41, 5.74) is 0.295. The molecule has 5 nitrogen and oxygen atoms in total. The fourth-order valence-corrected chi connectivity index (χ4v) is 4.20. The van der Waals surface area contributed by atoms with E-state index in [1.165, 1.54) is 12.1 Å². The van der Waals surface area contributed by atoms with Gasteiger partial charge in [-0.1, -0.05) is 17.7 Å². The standard InChI is InChI=1S/C19H24ClF4N3O2/c20-13-4-3-5-14(21)17(13)15(26-6-1-2-7-26)10-25-18(28)16-11-29-9-8-27(16)12-19(22,23)24/h3-5,15-16H,1-2,6-12H2,(H,25,28). The van der Waals surface area contributed by atoms with Gasteiger partial charge in [-0.25, -0.2) is 4.39 Å². The predicted octanol–water partition coefficient (Wildman–Crippen LogP) is 3.00. The maximum absolute atomic E-state index is 14.5. The fraction of sp³-hybridized carbons (Fsp3) is 0.632. The highest BCUT2D eigenvalue weighted by molar-refractivity contribution is 6.31. The minimum absolute atomic E-state index is 0.0201. The molecular weight excluding hydrogens is 414 g/mol. The Balaban J connectivity index is 1.72. The molecule has 3 rings (SSSR count). The highest BCUT2D eigenvalue weighted by atomic mass is 35.5. The fourth-order valence-electron chi connectivity index (χ4n) is 3.91. The molecular formula is C19H24ClF4N3O2.